The SMILES string of the molecule is CS(=O)(=O)N1CCN(CCn2cc(N)ccc2=O)CC1. The summed E-state index contributed by atoms with van der Waals surface area (Å²) in [4.78, 5) is 13.8. The van der Waals surface area contributed by atoms with Gasteiger partial charge >= 0.3 is 0 Å². The predicted molar refractivity (Wildman–Crippen MR) is 78.0 cm³/mol. The molecule has 0 aromatic carbocycles. The number of sulfonamides is 1. The summed E-state index contributed by atoms with van der Waals surface area (Å²) in [6.45, 7) is 3.65. The zero-order chi connectivity index (χ0) is 14.8. The van der Waals surface area contributed by atoms with E-state index in [0.717, 1.165) is 0 Å². The monoisotopic (exact) mass is 300 g/mol. The van der Waals surface area contributed by atoms with E-state index in [0.29, 0.717) is 45.0 Å². The number of hydrogen-bond donors (Lipinski definition) is 1. The van der Waals surface area contributed by atoms with Crippen molar-refractivity contribution in [2.75, 3.05) is 44.7 Å². The first-order valence-electron chi connectivity index (χ1n) is 6.50. The van der Waals surface area contributed by atoms with Crippen molar-refractivity contribution >= 4 is 15.7 Å². The Labute approximate surface area is 118 Å². The quantitative estimate of drug-likeness (QED) is 0.771. The van der Waals surface area contributed by atoms with E-state index in [4.69, 9.17) is 5.73 Å². The normalized spacial score (nSPS) is 18.2. The van der Waals surface area contributed by atoms with Crippen LogP contribution in [-0.4, -0.2) is 61.2 Å². The smallest absolute Gasteiger partial charge is 0.250 e. The minimum atomic E-state index is -3.09. The lowest BCUT2D eigenvalue weighted by molar-refractivity contribution is 0.183. The van der Waals surface area contributed by atoms with Gasteiger partial charge in [-0.15, -0.1) is 0 Å². The van der Waals surface area contributed by atoms with Gasteiger partial charge in [0.2, 0.25) is 10.0 Å². The predicted octanol–water partition coefficient (Wildman–Crippen LogP) is -0.992. The fraction of sp³-hybridized carbons (Fsp3) is 0.583. The van der Waals surface area contributed by atoms with Gasteiger partial charge in [0.1, 0.15) is 0 Å². The van der Waals surface area contributed by atoms with Crippen molar-refractivity contribution < 1.29 is 8.42 Å². The Hall–Kier alpha value is -1.38. The van der Waals surface area contributed by atoms with Crippen molar-refractivity contribution in [3.63, 3.8) is 0 Å². The van der Waals surface area contributed by atoms with Crippen LogP contribution in [0.15, 0.2) is 23.1 Å². The molecule has 2 N–H and O–H groups in total. The molecular formula is C12H20N4O3S. The third-order valence-electron chi connectivity index (χ3n) is 3.46. The van der Waals surface area contributed by atoms with E-state index in [9.17, 15) is 13.2 Å². The molecule has 0 saturated carbocycles. The van der Waals surface area contributed by atoms with E-state index < -0.39 is 10.0 Å². The first kappa shape index (κ1) is 15.0. The summed E-state index contributed by atoms with van der Waals surface area (Å²) < 4.78 is 25.9. The summed E-state index contributed by atoms with van der Waals surface area (Å²) in [7, 11) is -3.09. The minimum absolute atomic E-state index is 0.0750. The van der Waals surface area contributed by atoms with Crippen LogP contribution in [0.1, 0.15) is 0 Å². The second kappa shape index (κ2) is 5.94. The molecule has 1 fully saturated rings. The highest BCUT2D eigenvalue weighted by Gasteiger charge is 2.22. The molecule has 1 aromatic rings. The third kappa shape index (κ3) is 3.81. The van der Waals surface area contributed by atoms with Crippen LogP contribution in [0.3, 0.4) is 0 Å². The number of hydrogen-bond acceptors (Lipinski definition) is 5. The van der Waals surface area contributed by atoms with Crippen LogP contribution >= 0.6 is 0 Å². The number of pyridine rings is 1. The minimum Gasteiger partial charge on any atom is -0.398 e. The van der Waals surface area contributed by atoms with Gasteiger partial charge in [0.05, 0.1) is 6.26 Å². The number of nitrogen functional groups attached to an aromatic ring is 1. The summed E-state index contributed by atoms with van der Waals surface area (Å²) >= 11 is 0. The third-order valence-corrected chi connectivity index (χ3v) is 4.77. The highest BCUT2D eigenvalue weighted by molar-refractivity contribution is 7.88. The standard InChI is InChI=1S/C12H20N4O3S/c1-20(18,19)16-8-5-14(6-9-16)4-7-15-10-11(13)2-3-12(15)17/h2-3,10H,4-9,13H2,1H3. The van der Waals surface area contributed by atoms with Crippen LogP contribution in [0.2, 0.25) is 0 Å². The molecule has 2 heterocycles. The molecule has 0 atom stereocenters. The van der Waals surface area contributed by atoms with Gasteiger partial charge in [0.25, 0.3) is 5.56 Å². The number of nitrogens with zero attached hydrogens (tertiary/aromatic N) is 3. The van der Waals surface area contributed by atoms with Crippen molar-refractivity contribution in [3.05, 3.63) is 28.7 Å². The van der Waals surface area contributed by atoms with Gasteiger partial charge < -0.3 is 10.3 Å². The molecule has 1 aliphatic rings. The summed E-state index contributed by atoms with van der Waals surface area (Å²) in [6.07, 6.45) is 2.87. The zero-order valence-corrected chi connectivity index (χ0v) is 12.3. The first-order valence-corrected chi connectivity index (χ1v) is 8.34. The molecule has 0 unspecified atom stereocenters. The van der Waals surface area contributed by atoms with Crippen molar-refractivity contribution in [2.45, 2.75) is 6.54 Å². The highest BCUT2D eigenvalue weighted by Crippen LogP contribution is 2.06. The molecule has 0 bridgehead atoms. The first-order chi connectivity index (χ1) is 9.36. The van der Waals surface area contributed by atoms with Crippen LogP contribution in [0.4, 0.5) is 5.69 Å². The molecule has 112 valence electrons. The lowest BCUT2D eigenvalue weighted by Crippen LogP contribution is -2.49. The van der Waals surface area contributed by atoms with Crippen LogP contribution in [0.5, 0.6) is 0 Å². The van der Waals surface area contributed by atoms with Gasteiger partial charge in [0.15, 0.2) is 0 Å². The Morgan fingerprint density at radius 2 is 1.80 bits per heavy atom. The molecule has 8 heteroatoms. The van der Waals surface area contributed by atoms with Gasteiger partial charge in [0, 0.05) is 57.2 Å². The molecule has 1 aliphatic heterocycles. The molecule has 0 amide bonds. The van der Waals surface area contributed by atoms with E-state index in [1.807, 2.05) is 0 Å². The van der Waals surface area contributed by atoms with Gasteiger partial charge in [-0.05, 0) is 6.07 Å². The van der Waals surface area contributed by atoms with E-state index in [2.05, 4.69) is 4.90 Å². The maximum absolute atomic E-state index is 11.6. The van der Waals surface area contributed by atoms with Gasteiger partial charge in [-0.2, -0.15) is 4.31 Å². The topological polar surface area (TPSA) is 88.6 Å². The summed E-state index contributed by atoms with van der Waals surface area (Å²) in [5, 5.41) is 0. The summed E-state index contributed by atoms with van der Waals surface area (Å²) in [6, 6.07) is 3.04. The summed E-state index contributed by atoms with van der Waals surface area (Å²) in [5.74, 6) is 0. The molecule has 0 spiro atoms. The maximum atomic E-state index is 11.6. The van der Waals surface area contributed by atoms with Gasteiger partial charge in [-0.25, -0.2) is 8.42 Å². The van der Waals surface area contributed by atoms with Crippen molar-refractivity contribution in [2.24, 2.45) is 0 Å². The van der Waals surface area contributed by atoms with Crippen LogP contribution in [0, 0.1) is 0 Å². The number of anilines is 1. The van der Waals surface area contributed by atoms with Crippen LogP contribution in [-0.2, 0) is 16.6 Å². The Balaban J connectivity index is 1.88. The number of piperazine rings is 1. The van der Waals surface area contributed by atoms with E-state index >= 15 is 0 Å². The van der Waals surface area contributed by atoms with Crippen molar-refractivity contribution in [3.8, 4) is 0 Å². The largest absolute Gasteiger partial charge is 0.398 e. The average molecular weight is 300 g/mol. The molecule has 0 radical (unpaired) electrons. The number of rotatable bonds is 4. The van der Waals surface area contributed by atoms with Gasteiger partial charge in [-0.3, -0.25) is 9.69 Å². The second-order valence-electron chi connectivity index (χ2n) is 5.00. The molecule has 1 saturated heterocycles. The molecule has 1 aromatic heterocycles. The molecule has 7 nitrogen and oxygen atoms in total. The summed E-state index contributed by atoms with van der Waals surface area (Å²) in [5.41, 5.74) is 6.14. The van der Waals surface area contributed by atoms with E-state index in [1.54, 1.807) is 16.8 Å². The Bertz CT molecular complexity index is 618. The maximum Gasteiger partial charge on any atom is 0.250 e. The highest BCUT2D eigenvalue weighted by atomic mass is 32.2. The lowest BCUT2D eigenvalue weighted by atomic mass is 10.3. The second-order valence-corrected chi connectivity index (χ2v) is 6.98. The van der Waals surface area contributed by atoms with Gasteiger partial charge in [-0.1, -0.05) is 0 Å². The number of aromatic nitrogens is 1. The Morgan fingerprint density at radius 3 is 2.40 bits per heavy atom. The number of nitrogens with two attached hydrogens (primary N) is 1. The Morgan fingerprint density at radius 1 is 1.15 bits per heavy atom. The van der Waals surface area contributed by atoms with Crippen LogP contribution in [0.25, 0.3) is 0 Å². The molecule has 2 rings (SSSR count). The van der Waals surface area contributed by atoms with E-state index in [-0.39, 0.29) is 5.56 Å². The van der Waals surface area contributed by atoms with E-state index in [1.165, 1.54) is 16.6 Å². The zero-order valence-electron chi connectivity index (χ0n) is 11.5. The van der Waals surface area contributed by atoms with Crippen LogP contribution < -0.4 is 11.3 Å². The fourth-order valence-corrected chi connectivity index (χ4v) is 3.09. The molecular weight excluding hydrogens is 280 g/mol. The molecule has 20 heavy (non-hydrogen) atoms. The van der Waals surface area contributed by atoms with Crippen molar-refractivity contribution in [1.82, 2.24) is 13.8 Å². The Kier molecular flexibility index (Phi) is 4.46. The average Bonchev–Trinajstić information content (AvgIpc) is 2.39. The fourth-order valence-electron chi connectivity index (χ4n) is 2.26. The van der Waals surface area contributed by atoms with Crippen molar-refractivity contribution in [1.29, 1.82) is 0 Å². The molecule has 0 aliphatic carbocycles. The lowest BCUT2D eigenvalue weighted by Gasteiger charge is -2.33.